The number of hydrogen-bond donors (Lipinski definition) is 1. The molecule has 2 N–H and O–H groups in total. The van der Waals surface area contributed by atoms with E-state index in [4.69, 9.17) is 14.7 Å². The lowest BCUT2D eigenvalue weighted by molar-refractivity contribution is 0.446. The summed E-state index contributed by atoms with van der Waals surface area (Å²) in [5, 5.41) is 3.72. The van der Waals surface area contributed by atoms with Crippen LogP contribution in [0, 0.1) is 6.92 Å². The van der Waals surface area contributed by atoms with Gasteiger partial charge in [-0.2, -0.15) is 0 Å². The van der Waals surface area contributed by atoms with E-state index in [0.717, 1.165) is 5.76 Å². The number of aromatic nitrogens is 1. The van der Waals surface area contributed by atoms with Crippen LogP contribution in [-0.2, 0) is 6.54 Å². The van der Waals surface area contributed by atoms with Crippen LogP contribution in [0.2, 0.25) is 0 Å². The highest BCUT2D eigenvalue weighted by Gasteiger charge is 2.10. The monoisotopic (exact) mass is 152 g/mol. The van der Waals surface area contributed by atoms with E-state index in [1.807, 2.05) is 6.92 Å². The number of furan rings is 1. The predicted octanol–water partition coefficient (Wildman–Crippen LogP) is 1.19. The van der Waals surface area contributed by atoms with Gasteiger partial charge in [-0.1, -0.05) is 5.16 Å². The second kappa shape index (κ2) is 2.10. The average Bonchev–Trinajstić information content (AvgIpc) is 2.45. The zero-order chi connectivity index (χ0) is 7.84. The summed E-state index contributed by atoms with van der Waals surface area (Å²) >= 11 is 0. The Morgan fingerprint density at radius 2 is 2.45 bits per heavy atom. The first-order valence-electron chi connectivity index (χ1n) is 3.36. The van der Waals surface area contributed by atoms with Gasteiger partial charge in [0, 0.05) is 12.6 Å². The quantitative estimate of drug-likeness (QED) is 0.666. The first-order valence-corrected chi connectivity index (χ1v) is 3.36. The van der Waals surface area contributed by atoms with E-state index in [0.29, 0.717) is 23.4 Å². The van der Waals surface area contributed by atoms with E-state index >= 15 is 0 Å². The predicted molar refractivity (Wildman–Crippen MR) is 38.9 cm³/mol. The van der Waals surface area contributed by atoms with Crippen molar-refractivity contribution in [1.82, 2.24) is 5.16 Å². The number of nitrogens with zero attached hydrogens (tertiary/aromatic N) is 1. The Morgan fingerprint density at radius 1 is 1.64 bits per heavy atom. The standard InChI is InChI=1S/C7H8N2O2/c1-4-2-6-7(10-4)5(3-8)9-11-6/h2H,3,8H2,1H3. The van der Waals surface area contributed by atoms with E-state index in [-0.39, 0.29) is 0 Å². The lowest BCUT2D eigenvalue weighted by Gasteiger charge is -1.82. The molecule has 11 heavy (non-hydrogen) atoms. The van der Waals surface area contributed by atoms with Gasteiger partial charge < -0.3 is 14.7 Å². The minimum atomic E-state index is 0.347. The van der Waals surface area contributed by atoms with Crippen LogP contribution in [0.5, 0.6) is 0 Å². The fourth-order valence-corrected chi connectivity index (χ4v) is 1.04. The van der Waals surface area contributed by atoms with Gasteiger partial charge in [-0.25, -0.2) is 0 Å². The molecule has 0 saturated carbocycles. The maximum atomic E-state index is 5.39. The number of hydrogen-bond acceptors (Lipinski definition) is 4. The molecule has 2 rings (SSSR count). The Bertz CT molecular complexity index is 375. The van der Waals surface area contributed by atoms with E-state index in [9.17, 15) is 0 Å². The molecule has 0 amide bonds. The topological polar surface area (TPSA) is 65.2 Å². The maximum absolute atomic E-state index is 5.39. The highest BCUT2D eigenvalue weighted by atomic mass is 16.5. The molecule has 0 fully saturated rings. The molecule has 0 aromatic carbocycles. The molecule has 2 aromatic rings. The highest BCUT2D eigenvalue weighted by molar-refractivity contribution is 5.73. The Morgan fingerprint density at radius 3 is 3.18 bits per heavy atom. The van der Waals surface area contributed by atoms with Crippen molar-refractivity contribution in [1.29, 1.82) is 0 Å². The number of rotatable bonds is 1. The fourth-order valence-electron chi connectivity index (χ4n) is 1.04. The van der Waals surface area contributed by atoms with Gasteiger partial charge in [-0.05, 0) is 6.92 Å². The zero-order valence-corrected chi connectivity index (χ0v) is 6.13. The van der Waals surface area contributed by atoms with Crippen LogP contribution in [0.3, 0.4) is 0 Å². The number of nitrogens with two attached hydrogens (primary N) is 1. The van der Waals surface area contributed by atoms with Crippen LogP contribution in [0.1, 0.15) is 11.5 Å². The summed E-state index contributed by atoms with van der Waals surface area (Å²) in [7, 11) is 0. The van der Waals surface area contributed by atoms with E-state index in [2.05, 4.69) is 5.16 Å². The first-order chi connectivity index (χ1) is 5.31. The van der Waals surface area contributed by atoms with E-state index < -0.39 is 0 Å². The second-order valence-electron chi connectivity index (χ2n) is 2.38. The van der Waals surface area contributed by atoms with Crippen molar-refractivity contribution in [2.24, 2.45) is 5.73 Å². The summed E-state index contributed by atoms with van der Waals surface area (Å²) in [5.74, 6) is 0.816. The van der Waals surface area contributed by atoms with Crippen molar-refractivity contribution >= 4 is 11.2 Å². The largest absolute Gasteiger partial charge is 0.456 e. The third-order valence-electron chi connectivity index (χ3n) is 1.53. The molecular formula is C7H8N2O2. The zero-order valence-electron chi connectivity index (χ0n) is 6.13. The van der Waals surface area contributed by atoms with Crippen molar-refractivity contribution in [2.45, 2.75) is 13.5 Å². The van der Waals surface area contributed by atoms with E-state index in [1.165, 1.54) is 0 Å². The van der Waals surface area contributed by atoms with Crippen molar-refractivity contribution in [3.05, 3.63) is 17.5 Å². The number of aryl methyl sites for hydroxylation is 1. The molecule has 0 aliphatic heterocycles. The van der Waals surface area contributed by atoms with Crippen LogP contribution < -0.4 is 5.73 Å². The molecule has 0 bridgehead atoms. The number of fused-ring (bicyclic) bond motifs is 1. The summed E-state index contributed by atoms with van der Waals surface area (Å²) in [6.07, 6.45) is 0. The summed E-state index contributed by atoms with van der Waals surface area (Å²) < 4.78 is 10.2. The van der Waals surface area contributed by atoms with Gasteiger partial charge in [0.1, 0.15) is 11.5 Å². The lowest BCUT2D eigenvalue weighted by Crippen LogP contribution is -1.95. The molecule has 4 heteroatoms. The summed E-state index contributed by atoms with van der Waals surface area (Å²) in [6, 6.07) is 1.79. The second-order valence-corrected chi connectivity index (χ2v) is 2.38. The molecule has 0 unspecified atom stereocenters. The van der Waals surface area contributed by atoms with Crippen LogP contribution in [0.25, 0.3) is 11.2 Å². The van der Waals surface area contributed by atoms with Crippen molar-refractivity contribution in [3.63, 3.8) is 0 Å². The molecule has 0 aliphatic carbocycles. The summed E-state index contributed by atoms with van der Waals surface area (Å²) in [5.41, 5.74) is 7.40. The summed E-state index contributed by atoms with van der Waals surface area (Å²) in [4.78, 5) is 0. The molecule has 0 atom stereocenters. The van der Waals surface area contributed by atoms with Crippen LogP contribution >= 0.6 is 0 Å². The van der Waals surface area contributed by atoms with E-state index in [1.54, 1.807) is 6.07 Å². The van der Waals surface area contributed by atoms with Crippen molar-refractivity contribution < 1.29 is 8.94 Å². The molecule has 0 saturated heterocycles. The average molecular weight is 152 g/mol. The third-order valence-corrected chi connectivity index (χ3v) is 1.53. The third kappa shape index (κ3) is 0.832. The molecule has 2 aromatic heterocycles. The van der Waals surface area contributed by atoms with Crippen molar-refractivity contribution in [3.8, 4) is 0 Å². The Balaban J connectivity index is 2.73. The van der Waals surface area contributed by atoms with Gasteiger partial charge in [0.15, 0.2) is 5.58 Å². The van der Waals surface area contributed by atoms with Gasteiger partial charge in [0.05, 0.1) is 0 Å². The molecule has 2 heterocycles. The smallest absolute Gasteiger partial charge is 0.205 e. The van der Waals surface area contributed by atoms with Gasteiger partial charge in [-0.15, -0.1) is 0 Å². The van der Waals surface area contributed by atoms with Gasteiger partial charge >= 0.3 is 0 Å². The minimum absolute atomic E-state index is 0.347. The molecule has 0 spiro atoms. The summed E-state index contributed by atoms with van der Waals surface area (Å²) in [6.45, 7) is 2.20. The molecule has 0 radical (unpaired) electrons. The van der Waals surface area contributed by atoms with Gasteiger partial charge in [0.2, 0.25) is 5.58 Å². The Labute approximate surface area is 62.9 Å². The highest BCUT2D eigenvalue weighted by Crippen LogP contribution is 2.21. The minimum Gasteiger partial charge on any atom is -0.456 e. The van der Waals surface area contributed by atoms with Crippen LogP contribution in [-0.4, -0.2) is 5.16 Å². The normalized spacial score (nSPS) is 11.1. The van der Waals surface area contributed by atoms with Crippen LogP contribution in [0.4, 0.5) is 0 Å². The molecule has 4 nitrogen and oxygen atoms in total. The Hall–Kier alpha value is -1.29. The van der Waals surface area contributed by atoms with Gasteiger partial charge in [-0.3, -0.25) is 0 Å². The maximum Gasteiger partial charge on any atom is 0.205 e. The van der Waals surface area contributed by atoms with Crippen LogP contribution in [0.15, 0.2) is 15.0 Å². The SMILES string of the molecule is Cc1cc2onc(CN)c2o1. The lowest BCUT2D eigenvalue weighted by atomic mass is 10.4. The molecule has 58 valence electrons. The molecular weight excluding hydrogens is 144 g/mol. The molecule has 0 aliphatic rings. The van der Waals surface area contributed by atoms with Crippen molar-refractivity contribution in [2.75, 3.05) is 0 Å². The fraction of sp³-hybridized carbons (Fsp3) is 0.286. The first kappa shape index (κ1) is 6.42. The van der Waals surface area contributed by atoms with Gasteiger partial charge in [0.25, 0.3) is 0 Å². The Kier molecular flexibility index (Phi) is 1.22.